The highest BCUT2D eigenvalue weighted by atomic mass is 16.1. The SMILES string of the molecule is O=C1CC(NC2=NCCCC2)CN1. The first-order chi connectivity index (χ1) is 6.34. The third-order valence-electron chi connectivity index (χ3n) is 2.47. The summed E-state index contributed by atoms with van der Waals surface area (Å²) in [4.78, 5) is 15.3. The summed E-state index contributed by atoms with van der Waals surface area (Å²) in [5.41, 5.74) is 0. The molecular formula is C9H15N3O. The van der Waals surface area contributed by atoms with Gasteiger partial charge in [0.25, 0.3) is 0 Å². The number of nitrogens with zero attached hydrogens (tertiary/aromatic N) is 1. The van der Waals surface area contributed by atoms with Gasteiger partial charge < -0.3 is 10.6 Å². The minimum atomic E-state index is 0.147. The van der Waals surface area contributed by atoms with E-state index in [9.17, 15) is 4.79 Å². The van der Waals surface area contributed by atoms with Gasteiger partial charge >= 0.3 is 0 Å². The van der Waals surface area contributed by atoms with Crippen LogP contribution in [0.1, 0.15) is 25.7 Å². The molecule has 0 aromatic heterocycles. The fourth-order valence-corrected chi connectivity index (χ4v) is 1.76. The van der Waals surface area contributed by atoms with Crippen molar-refractivity contribution in [3.8, 4) is 0 Å². The predicted molar refractivity (Wildman–Crippen MR) is 50.7 cm³/mol. The molecule has 2 aliphatic heterocycles. The third-order valence-corrected chi connectivity index (χ3v) is 2.47. The molecule has 2 N–H and O–H groups in total. The summed E-state index contributed by atoms with van der Waals surface area (Å²) in [6.07, 6.45) is 4.07. The molecule has 72 valence electrons. The Labute approximate surface area is 77.8 Å². The van der Waals surface area contributed by atoms with Gasteiger partial charge in [-0.15, -0.1) is 0 Å². The molecule has 0 aromatic carbocycles. The van der Waals surface area contributed by atoms with Gasteiger partial charge in [0.05, 0.1) is 11.9 Å². The Morgan fingerprint density at radius 1 is 1.46 bits per heavy atom. The predicted octanol–water partition coefficient (Wildman–Crippen LogP) is 0.0469. The molecule has 0 bridgehead atoms. The molecule has 1 atom stereocenters. The van der Waals surface area contributed by atoms with Crippen molar-refractivity contribution in [1.82, 2.24) is 10.6 Å². The molecule has 2 heterocycles. The Morgan fingerprint density at radius 3 is 3.00 bits per heavy atom. The normalized spacial score (nSPS) is 28.2. The molecule has 2 aliphatic rings. The lowest BCUT2D eigenvalue weighted by Gasteiger charge is -2.17. The fraction of sp³-hybridized carbons (Fsp3) is 0.778. The Morgan fingerprint density at radius 2 is 2.38 bits per heavy atom. The molecule has 4 heteroatoms. The Balaban J connectivity index is 1.83. The zero-order valence-electron chi connectivity index (χ0n) is 7.68. The quantitative estimate of drug-likeness (QED) is 0.600. The highest BCUT2D eigenvalue weighted by Crippen LogP contribution is 2.06. The van der Waals surface area contributed by atoms with Crippen molar-refractivity contribution in [3.05, 3.63) is 0 Å². The minimum Gasteiger partial charge on any atom is -0.369 e. The molecule has 1 unspecified atom stereocenters. The lowest BCUT2D eigenvalue weighted by molar-refractivity contribution is -0.119. The lowest BCUT2D eigenvalue weighted by Crippen LogP contribution is -2.37. The first-order valence-corrected chi connectivity index (χ1v) is 4.91. The number of nitrogens with one attached hydrogen (secondary N) is 2. The molecule has 0 spiro atoms. The maximum atomic E-state index is 10.9. The number of carbonyl (C=O) groups is 1. The van der Waals surface area contributed by atoms with Gasteiger partial charge in [-0.25, -0.2) is 0 Å². The number of amidine groups is 1. The van der Waals surface area contributed by atoms with Crippen LogP contribution in [0.3, 0.4) is 0 Å². The first kappa shape index (κ1) is 8.53. The summed E-state index contributed by atoms with van der Waals surface area (Å²) in [6.45, 7) is 1.69. The smallest absolute Gasteiger partial charge is 0.222 e. The second kappa shape index (κ2) is 3.77. The molecule has 1 saturated heterocycles. The summed E-state index contributed by atoms with van der Waals surface area (Å²) in [6, 6.07) is 0.268. The molecule has 13 heavy (non-hydrogen) atoms. The summed E-state index contributed by atoms with van der Waals surface area (Å²) in [5.74, 6) is 1.24. The largest absolute Gasteiger partial charge is 0.369 e. The van der Waals surface area contributed by atoms with Crippen LogP contribution < -0.4 is 10.6 Å². The average molecular weight is 181 g/mol. The maximum absolute atomic E-state index is 10.9. The van der Waals surface area contributed by atoms with E-state index < -0.39 is 0 Å². The molecule has 1 amide bonds. The molecule has 0 saturated carbocycles. The van der Waals surface area contributed by atoms with Crippen molar-refractivity contribution in [1.29, 1.82) is 0 Å². The molecule has 2 rings (SSSR count). The van der Waals surface area contributed by atoms with E-state index in [1.165, 1.54) is 12.8 Å². The standard InChI is InChI=1S/C9H15N3O/c13-9-5-7(6-11-9)12-8-3-1-2-4-10-8/h7H,1-6H2,(H,10,12)(H,11,13). The van der Waals surface area contributed by atoms with Gasteiger partial charge in [-0.1, -0.05) is 0 Å². The van der Waals surface area contributed by atoms with Gasteiger partial charge in [-0.05, 0) is 12.8 Å². The van der Waals surface area contributed by atoms with Crippen molar-refractivity contribution in [2.75, 3.05) is 13.1 Å². The molecule has 1 fully saturated rings. The van der Waals surface area contributed by atoms with Crippen molar-refractivity contribution < 1.29 is 4.79 Å². The summed E-state index contributed by atoms with van der Waals surface area (Å²) >= 11 is 0. The van der Waals surface area contributed by atoms with E-state index in [-0.39, 0.29) is 11.9 Å². The Bertz CT molecular complexity index is 237. The molecule has 0 radical (unpaired) electrons. The van der Waals surface area contributed by atoms with E-state index >= 15 is 0 Å². The molecule has 4 nitrogen and oxygen atoms in total. The van der Waals surface area contributed by atoms with E-state index in [2.05, 4.69) is 15.6 Å². The van der Waals surface area contributed by atoms with Crippen LogP contribution in [0.2, 0.25) is 0 Å². The summed E-state index contributed by atoms with van der Waals surface area (Å²) < 4.78 is 0. The van der Waals surface area contributed by atoms with E-state index in [1.54, 1.807) is 0 Å². The summed E-state index contributed by atoms with van der Waals surface area (Å²) in [7, 11) is 0. The van der Waals surface area contributed by atoms with Gasteiger partial charge in [-0.2, -0.15) is 0 Å². The second-order valence-electron chi connectivity index (χ2n) is 3.63. The van der Waals surface area contributed by atoms with Crippen LogP contribution in [0.4, 0.5) is 0 Å². The van der Waals surface area contributed by atoms with E-state index in [4.69, 9.17) is 0 Å². The molecular weight excluding hydrogens is 166 g/mol. The average Bonchev–Trinajstić information content (AvgIpc) is 2.53. The van der Waals surface area contributed by atoms with Gasteiger partial charge in [0.1, 0.15) is 0 Å². The fourth-order valence-electron chi connectivity index (χ4n) is 1.76. The topological polar surface area (TPSA) is 53.5 Å². The van der Waals surface area contributed by atoms with Crippen LogP contribution in [0.15, 0.2) is 4.99 Å². The van der Waals surface area contributed by atoms with Crippen LogP contribution in [0.25, 0.3) is 0 Å². The number of hydrogen-bond donors (Lipinski definition) is 2. The highest BCUT2D eigenvalue weighted by Gasteiger charge is 2.22. The number of rotatable bonds is 1. The first-order valence-electron chi connectivity index (χ1n) is 4.91. The lowest BCUT2D eigenvalue weighted by atomic mass is 10.1. The third kappa shape index (κ3) is 2.20. The van der Waals surface area contributed by atoms with Crippen molar-refractivity contribution in [2.45, 2.75) is 31.7 Å². The zero-order chi connectivity index (χ0) is 9.10. The van der Waals surface area contributed by atoms with Gasteiger partial charge in [0.2, 0.25) is 5.91 Å². The van der Waals surface area contributed by atoms with Gasteiger partial charge in [0.15, 0.2) is 0 Å². The Hall–Kier alpha value is -1.06. The van der Waals surface area contributed by atoms with Crippen molar-refractivity contribution >= 4 is 11.7 Å². The van der Waals surface area contributed by atoms with E-state index in [0.717, 1.165) is 25.3 Å². The van der Waals surface area contributed by atoms with Crippen LogP contribution >= 0.6 is 0 Å². The van der Waals surface area contributed by atoms with Crippen LogP contribution in [-0.2, 0) is 4.79 Å². The number of aliphatic imine (C=N–C) groups is 1. The number of carbonyl (C=O) groups excluding carboxylic acids is 1. The van der Waals surface area contributed by atoms with Crippen LogP contribution in [-0.4, -0.2) is 30.9 Å². The van der Waals surface area contributed by atoms with E-state index in [1.807, 2.05) is 0 Å². The van der Waals surface area contributed by atoms with Crippen LogP contribution in [0, 0.1) is 0 Å². The Kier molecular flexibility index (Phi) is 2.47. The highest BCUT2D eigenvalue weighted by molar-refractivity contribution is 5.85. The van der Waals surface area contributed by atoms with Gasteiger partial charge in [0, 0.05) is 25.9 Å². The summed E-state index contributed by atoms with van der Waals surface area (Å²) in [5, 5.41) is 6.12. The van der Waals surface area contributed by atoms with Crippen LogP contribution in [0.5, 0.6) is 0 Å². The van der Waals surface area contributed by atoms with Crippen molar-refractivity contribution in [2.24, 2.45) is 4.99 Å². The maximum Gasteiger partial charge on any atom is 0.222 e. The molecule has 0 aliphatic carbocycles. The van der Waals surface area contributed by atoms with Gasteiger partial charge in [-0.3, -0.25) is 9.79 Å². The minimum absolute atomic E-state index is 0.147. The number of amides is 1. The molecule has 0 aromatic rings. The van der Waals surface area contributed by atoms with E-state index in [0.29, 0.717) is 6.42 Å². The zero-order valence-corrected chi connectivity index (χ0v) is 7.68. The second-order valence-corrected chi connectivity index (χ2v) is 3.63. The van der Waals surface area contributed by atoms with Crippen molar-refractivity contribution in [3.63, 3.8) is 0 Å². The monoisotopic (exact) mass is 181 g/mol. The number of hydrogen-bond acceptors (Lipinski definition) is 3.